The number of sulfone groups is 1. The van der Waals surface area contributed by atoms with Crippen molar-refractivity contribution in [3.8, 4) is 12.3 Å². The van der Waals surface area contributed by atoms with Gasteiger partial charge in [0, 0.05) is 25.9 Å². The Kier molecular flexibility index (Phi) is 12.9. The lowest BCUT2D eigenvalue weighted by Gasteiger charge is -2.40. The van der Waals surface area contributed by atoms with Crippen molar-refractivity contribution < 1.29 is 45.6 Å². The van der Waals surface area contributed by atoms with Crippen LogP contribution in [0.15, 0.2) is 35.2 Å². The fraction of sp³-hybridized carbons (Fsp3) is 0.658. The summed E-state index contributed by atoms with van der Waals surface area (Å²) in [6.45, 7) is 8.96. The van der Waals surface area contributed by atoms with Crippen LogP contribution in [0.25, 0.3) is 0 Å². The van der Waals surface area contributed by atoms with Crippen LogP contribution >= 0.6 is 0 Å². The van der Waals surface area contributed by atoms with Crippen molar-refractivity contribution in [3.63, 3.8) is 0 Å². The minimum absolute atomic E-state index is 0.0741. The van der Waals surface area contributed by atoms with Crippen LogP contribution in [0.5, 0.6) is 0 Å². The Morgan fingerprint density at radius 2 is 1.63 bits per heavy atom. The number of likely N-dealkylation sites (tertiary alicyclic amines) is 1. The summed E-state index contributed by atoms with van der Waals surface area (Å²) >= 11 is 0. The van der Waals surface area contributed by atoms with Gasteiger partial charge in [0.25, 0.3) is 5.91 Å². The largest absolute Gasteiger partial charge is 0.389 e. The van der Waals surface area contributed by atoms with Crippen molar-refractivity contribution >= 4 is 39.4 Å². The zero-order valence-electron chi connectivity index (χ0n) is 31.5. The lowest BCUT2D eigenvalue weighted by Crippen LogP contribution is -2.63. The average Bonchev–Trinajstić information content (AvgIpc) is 3.38. The minimum atomic E-state index is -4.68. The fourth-order valence-electron chi connectivity index (χ4n) is 7.97. The number of alkyl halides is 3. The molecule has 1 aromatic rings. The molecule has 0 aromatic heterocycles. The highest BCUT2D eigenvalue weighted by atomic mass is 32.2. The van der Waals surface area contributed by atoms with E-state index >= 15 is 0 Å². The number of fused-ring (bicyclic) bond motifs is 1. The first-order valence-electron chi connectivity index (χ1n) is 18.3. The SMILES string of the molecule is C#CCCNC(=O)C(=O)C(CCC(F)(F)F)NC(=O)[C@@H]1C2C(CN1C(=O)[C@@H](NC(=O)NC1(CS(=O)(=O)c3ccccc3)CCCCC1)C(C)(C)C)C2(C)C. The molecule has 3 fully saturated rings. The molecule has 1 aliphatic heterocycles. The van der Waals surface area contributed by atoms with Gasteiger partial charge >= 0.3 is 12.2 Å². The van der Waals surface area contributed by atoms with Gasteiger partial charge in [0.05, 0.1) is 22.2 Å². The van der Waals surface area contributed by atoms with Gasteiger partial charge in [-0.3, -0.25) is 19.2 Å². The number of hydrogen-bond donors (Lipinski definition) is 4. The highest BCUT2D eigenvalue weighted by molar-refractivity contribution is 7.91. The first kappa shape index (κ1) is 42.6. The second-order valence-electron chi connectivity index (χ2n) is 16.5. The van der Waals surface area contributed by atoms with Crippen LogP contribution in [0.3, 0.4) is 0 Å². The summed E-state index contributed by atoms with van der Waals surface area (Å²) in [5.74, 6) is -2.62. The van der Waals surface area contributed by atoms with E-state index in [0.717, 1.165) is 6.42 Å². The number of rotatable bonds is 14. The third-order valence-electron chi connectivity index (χ3n) is 11.0. The van der Waals surface area contributed by atoms with E-state index < -0.39 is 98.8 Å². The highest BCUT2D eigenvalue weighted by Gasteiger charge is 2.70. The van der Waals surface area contributed by atoms with Crippen LogP contribution in [0, 0.1) is 35.0 Å². The van der Waals surface area contributed by atoms with Gasteiger partial charge in [-0.2, -0.15) is 13.2 Å². The molecule has 4 N–H and O–H groups in total. The van der Waals surface area contributed by atoms with E-state index in [1.165, 1.54) is 17.0 Å². The Bertz CT molecular complexity index is 1730. The summed E-state index contributed by atoms with van der Waals surface area (Å²) in [4.78, 5) is 69.3. The Balaban J connectivity index is 1.56. The normalized spacial score (nSPS) is 22.8. The average molecular weight is 780 g/mol. The maximum Gasteiger partial charge on any atom is 0.389 e. The van der Waals surface area contributed by atoms with E-state index in [9.17, 15) is 45.6 Å². The number of terminal acetylenes is 1. The van der Waals surface area contributed by atoms with Crippen molar-refractivity contribution in [2.45, 2.75) is 121 Å². The first-order valence-corrected chi connectivity index (χ1v) is 20.0. The molecule has 16 heteroatoms. The summed E-state index contributed by atoms with van der Waals surface area (Å²) in [5.41, 5.74) is -2.44. The molecule has 298 valence electrons. The lowest BCUT2D eigenvalue weighted by molar-refractivity contribution is -0.148. The Morgan fingerprint density at radius 3 is 2.20 bits per heavy atom. The van der Waals surface area contributed by atoms with Crippen LogP contribution in [0.4, 0.5) is 18.0 Å². The molecule has 4 rings (SSSR count). The van der Waals surface area contributed by atoms with Gasteiger partial charge in [-0.1, -0.05) is 72.1 Å². The molecule has 54 heavy (non-hydrogen) atoms. The molecule has 0 radical (unpaired) electrons. The van der Waals surface area contributed by atoms with Crippen LogP contribution in [0.1, 0.15) is 86.0 Å². The van der Waals surface area contributed by atoms with Gasteiger partial charge in [-0.05, 0) is 54.1 Å². The van der Waals surface area contributed by atoms with Crippen molar-refractivity contribution in [2.75, 3.05) is 18.8 Å². The predicted molar refractivity (Wildman–Crippen MR) is 194 cm³/mol. The molecule has 0 spiro atoms. The maximum atomic E-state index is 14.4. The maximum absolute atomic E-state index is 14.4. The minimum Gasteiger partial charge on any atom is -0.348 e. The number of carbonyl (C=O) groups is 5. The van der Waals surface area contributed by atoms with Crippen LogP contribution < -0.4 is 21.3 Å². The Morgan fingerprint density at radius 1 is 1.00 bits per heavy atom. The number of urea groups is 1. The third-order valence-corrected chi connectivity index (χ3v) is 13.0. The van der Waals surface area contributed by atoms with Crippen molar-refractivity contribution in [3.05, 3.63) is 30.3 Å². The molecule has 12 nitrogen and oxygen atoms in total. The Labute approximate surface area is 315 Å². The van der Waals surface area contributed by atoms with E-state index in [4.69, 9.17) is 6.42 Å². The van der Waals surface area contributed by atoms with Gasteiger partial charge in [-0.25, -0.2) is 13.2 Å². The Hall–Kier alpha value is -4.13. The summed E-state index contributed by atoms with van der Waals surface area (Å²) < 4.78 is 66.7. The summed E-state index contributed by atoms with van der Waals surface area (Å²) in [6, 6.07) is 2.93. The first-order chi connectivity index (χ1) is 25.0. The molecule has 3 aliphatic rings. The zero-order chi connectivity index (χ0) is 40.3. The molecule has 0 bridgehead atoms. The lowest BCUT2D eigenvalue weighted by atomic mass is 9.83. The zero-order valence-corrected chi connectivity index (χ0v) is 32.3. The highest BCUT2D eigenvalue weighted by Crippen LogP contribution is 2.65. The quantitative estimate of drug-likeness (QED) is 0.126. The summed E-state index contributed by atoms with van der Waals surface area (Å²) in [7, 11) is -3.80. The molecule has 2 aliphatic carbocycles. The summed E-state index contributed by atoms with van der Waals surface area (Å²) in [6.07, 6.45) is 1.27. The fourth-order valence-corrected chi connectivity index (χ4v) is 9.80. The van der Waals surface area contributed by atoms with Crippen molar-refractivity contribution in [2.24, 2.45) is 22.7 Å². The number of piperidine rings is 1. The number of benzene rings is 1. The van der Waals surface area contributed by atoms with Gasteiger partial charge in [0.1, 0.15) is 12.1 Å². The second kappa shape index (κ2) is 16.3. The molecule has 3 unspecified atom stereocenters. The standard InChI is InChI=1S/C38H52F3N5O7S/c1-7-8-21-42-32(49)29(47)26(17-20-38(39,40)41)43-31(48)28-27-25(36(27,5)6)22-46(28)33(50)30(35(2,3)4)44-34(51)45-37(18-13-10-14-19-37)23-54(52,53)24-15-11-9-12-16-24/h1,9,11-12,15-16,25-28,30H,8,10,13-14,17-23H2,2-6H3,(H,42,49)(H,43,48)(H2,44,45,51)/t25?,26?,27?,28-,30+/m0/s1. The van der Waals surface area contributed by atoms with Crippen LogP contribution in [0.2, 0.25) is 0 Å². The number of carbonyl (C=O) groups excluding carboxylic acids is 5. The van der Waals surface area contributed by atoms with Gasteiger partial charge in [0.15, 0.2) is 9.84 Å². The molecular formula is C38H52F3N5O7S. The van der Waals surface area contributed by atoms with E-state index in [2.05, 4.69) is 27.2 Å². The molecule has 1 heterocycles. The number of hydrogen-bond acceptors (Lipinski definition) is 7. The van der Waals surface area contributed by atoms with Crippen LogP contribution in [-0.2, 0) is 29.0 Å². The van der Waals surface area contributed by atoms with E-state index in [1.807, 2.05) is 13.8 Å². The molecule has 5 atom stereocenters. The molecule has 1 aromatic carbocycles. The molecule has 2 saturated carbocycles. The predicted octanol–water partition coefficient (Wildman–Crippen LogP) is 3.90. The number of nitrogens with one attached hydrogen (secondary N) is 4. The number of amides is 5. The van der Waals surface area contributed by atoms with Gasteiger partial charge < -0.3 is 26.2 Å². The monoisotopic (exact) mass is 779 g/mol. The molecule has 1 saturated heterocycles. The van der Waals surface area contributed by atoms with E-state index in [-0.39, 0.29) is 36.1 Å². The number of ketones is 1. The number of halogens is 3. The van der Waals surface area contributed by atoms with E-state index in [0.29, 0.717) is 25.7 Å². The number of Topliss-reactive ketones (excluding diaryl/α,β-unsaturated/α-hetero) is 1. The third kappa shape index (κ3) is 10.1. The second-order valence-corrected chi connectivity index (χ2v) is 18.5. The van der Waals surface area contributed by atoms with Crippen LogP contribution in [-0.4, -0.2) is 91.5 Å². The van der Waals surface area contributed by atoms with Crippen molar-refractivity contribution in [1.82, 2.24) is 26.2 Å². The van der Waals surface area contributed by atoms with Gasteiger partial charge in [-0.15, -0.1) is 12.3 Å². The topological polar surface area (TPSA) is 171 Å². The molecule has 5 amide bonds. The molecular weight excluding hydrogens is 728 g/mol. The van der Waals surface area contributed by atoms with E-state index in [1.54, 1.807) is 39.0 Å². The summed E-state index contributed by atoms with van der Waals surface area (Å²) in [5, 5.41) is 10.3. The van der Waals surface area contributed by atoms with Gasteiger partial charge in [0.2, 0.25) is 17.6 Å². The van der Waals surface area contributed by atoms with Crippen molar-refractivity contribution in [1.29, 1.82) is 0 Å². The number of nitrogens with zero attached hydrogens (tertiary/aromatic N) is 1. The smallest absolute Gasteiger partial charge is 0.348 e.